The molecule has 0 saturated carbocycles. The molecule has 0 N–H and O–H groups in total. The molecule has 21 heavy (non-hydrogen) atoms. The lowest BCUT2D eigenvalue weighted by molar-refractivity contribution is -0.134. The third-order valence-corrected chi connectivity index (χ3v) is 2.84. The number of para-hydroxylation sites is 1. The summed E-state index contributed by atoms with van der Waals surface area (Å²) in [6.07, 6.45) is 0. The van der Waals surface area contributed by atoms with E-state index in [0.29, 0.717) is 37.6 Å². The molecule has 0 unspecified atom stereocenters. The smallest absolute Gasteiger partial charge is 0.260 e. The number of nitrogens with zero attached hydrogens (tertiary/aromatic N) is 2. The predicted molar refractivity (Wildman–Crippen MR) is 77.0 cm³/mol. The van der Waals surface area contributed by atoms with Gasteiger partial charge >= 0.3 is 0 Å². The van der Waals surface area contributed by atoms with Crippen molar-refractivity contribution in [3.8, 4) is 11.8 Å². The van der Waals surface area contributed by atoms with Gasteiger partial charge in [-0.25, -0.2) is 0 Å². The average molecular weight is 292 g/mol. The molecular formula is C15H20N2O4. The second-order valence-corrected chi connectivity index (χ2v) is 4.26. The Kier molecular flexibility index (Phi) is 7.87. The molecule has 0 heterocycles. The van der Waals surface area contributed by atoms with Gasteiger partial charge in [-0.3, -0.25) is 4.79 Å². The molecule has 0 atom stereocenters. The van der Waals surface area contributed by atoms with Crippen molar-refractivity contribution in [2.45, 2.75) is 0 Å². The van der Waals surface area contributed by atoms with E-state index in [1.807, 2.05) is 6.07 Å². The van der Waals surface area contributed by atoms with E-state index in [4.69, 9.17) is 19.5 Å². The second-order valence-electron chi connectivity index (χ2n) is 4.26. The minimum Gasteiger partial charge on any atom is -0.482 e. The summed E-state index contributed by atoms with van der Waals surface area (Å²) in [6, 6.07) is 8.85. The standard InChI is InChI=1S/C15H20N2O4/c1-19-9-7-17(8-10-20-2)15(18)12-21-14-6-4-3-5-13(14)11-16/h3-6H,7-10,12H2,1-2H3. The normalized spacial score (nSPS) is 9.95. The van der Waals surface area contributed by atoms with Gasteiger partial charge in [0.15, 0.2) is 6.61 Å². The molecule has 0 saturated heterocycles. The number of carbonyl (C=O) groups excluding carboxylic acids is 1. The summed E-state index contributed by atoms with van der Waals surface area (Å²) < 4.78 is 15.4. The van der Waals surface area contributed by atoms with Crippen LogP contribution in [0.5, 0.6) is 5.75 Å². The number of benzene rings is 1. The molecule has 1 rings (SSSR count). The molecule has 0 bridgehead atoms. The predicted octanol–water partition coefficient (Wildman–Crippen LogP) is 1.06. The number of ether oxygens (including phenoxy) is 3. The van der Waals surface area contributed by atoms with Crippen molar-refractivity contribution in [2.75, 3.05) is 47.1 Å². The van der Waals surface area contributed by atoms with Crippen molar-refractivity contribution in [2.24, 2.45) is 0 Å². The van der Waals surface area contributed by atoms with Crippen LogP contribution in [0.1, 0.15) is 5.56 Å². The minimum atomic E-state index is -0.170. The van der Waals surface area contributed by atoms with Crippen LogP contribution in [0.4, 0.5) is 0 Å². The van der Waals surface area contributed by atoms with Crippen LogP contribution in [0.25, 0.3) is 0 Å². The van der Waals surface area contributed by atoms with Crippen molar-refractivity contribution in [3.63, 3.8) is 0 Å². The van der Waals surface area contributed by atoms with Crippen LogP contribution in [0.15, 0.2) is 24.3 Å². The number of nitriles is 1. The maximum Gasteiger partial charge on any atom is 0.260 e. The molecule has 114 valence electrons. The fraction of sp³-hybridized carbons (Fsp3) is 0.467. The molecule has 6 nitrogen and oxygen atoms in total. The molecule has 6 heteroatoms. The Hall–Kier alpha value is -2.10. The summed E-state index contributed by atoms with van der Waals surface area (Å²) in [4.78, 5) is 13.7. The van der Waals surface area contributed by atoms with E-state index in [9.17, 15) is 4.79 Å². The van der Waals surface area contributed by atoms with Crippen LogP contribution < -0.4 is 4.74 Å². The summed E-state index contributed by atoms with van der Waals surface area (Å²) >= 11 is 0. The summed E-state index contributed by atoms with van der Waals surface area (Å²) in [6.45, 7) is 1.73. The van der Waals surface area contributed by atoms with Gasteiger partial charge in [0.25, 0.3) is 5.91 Å². The number of carbonyl (C=O) groups is 1. The van der Waals surface area contributed by atoms with E-state index >= 15 is 0 Å². The van der Waals surface area contributed by atoms with E-state index in [-0.39, 0.29) is 12.5 Å². The SMILES string of the molecule is COCCN(CCOC)C(=O)COc1ccccc1C#N. The molecule has 1 amide bonds. The van der Waals surface area contributed by atoms with Crippen molar-refractivity contribution < 1.29 is 19.0 Å². The van der Waals surface area contributed by atoms with Crippen LogP contribution in [0, 0.1) is 11.3 Å². The minimum absolute atomic E-state index is 0.119. The Balaban J connectivity index is 2.58. The first kappa shape index (κ1) is 17.0. The Morgan fingerprint density at radius 1 is 1.19 bits per heavy atom. The largest absolute Gasteiger partial charge is 0.482 e. The summed E-state index contributed by atoms with van der Waals surface area (Å²) in [5.74, 6) is 0.239. The highest BCUT2D eigenvalue weighted by atomic mass is 16.5. The number of rotatable bonds is 9. The van der Waals surface area contributed by atoms with Gasteiger partial charge in [0.2, 0.25) is 0 Å². The third kappa shape index (κ3) is 5.81. The quantitative estimate of drug-likeness (QED) is 0.680. The highest BCUT2D eigenvalue weighted by Crippen LogP contribution is 2.16. The fourth-order valence-corrected chi connectivity index (χ4v) is 1.68. The number of hydrogen-bond donors (Lipinski definition) is 0. The van der Waals surface area contributed by atoms with Crippen LogP contribution in [-0.2, 0) is 14.3 Å². The number of hydrogen-bond acceptors (Lipinski definition) is 5. The van der Waals surface area contributed by atoms with Crippen LogP contribution in [0.2, 0.25) is 0 Å². The van der Waals surface area contributed by atoms with Crippen LogP contribution in [-0.4, -0.2) is 57.9 Å². The molecule has 0 aliphatic rings. The molecular weight excluding hydrogens is 272 g/mol. The lowest BCUT2D eigenvalue weighted by Gasteiger charge is -2.22. The lowest BCUT2D eigenvalue weighted by Crippen LogP contribution is -2.39. The first-order valence-electron chi connectivity index (χ1n) is 6.60. The van der Waals surface area contributed by atoms with E-state index in [1.54, 1.807) is 43.4 Å². The lowest BCUT2D eigenvalue weighted by atomic mass is 10.2. The zero-order valence-corrected chi connectivity index (χ0v) is 12.4. The third-order valence-electron chi connectivity index (χ3n) is 2.84. The zero-order chi connectivity index (χ0) is 15.5. The summed E-state index contributed by atoms with van der Waals surface area (Å²) in [7, 11) is 3.16. The monoisotopic (exact) mass is 292 g/mol. The Morgan fingerprint density at radius 3 is 2.38 bits per heavy atom. The van der Waals surface area contributed by atoms with Gasteiger partial charge in [0, 0.05) is 27.3 Å². The highest BCUT2D eigenvalue weighted by Gasteiger charge is 2.14. The Bertz CT molecular complexity index is 477. The number of methoxy groups -OCH3 is 2. The maximum absolute atomic E-state index is 12.1. The molecule has 0 fully saturated rings. The fourth-order valence-electron chi connectivity index (χ4n) is 1.68. The van der Waals surface area contributed by atoms with Crippen molar-refractivity contribution in [1.29, 1.82) is 5.26 Å². The molecule has 1 aromatic rings. The Labute approximate surface area is 124 Å². The molecule has 0 spiro atoms. The summed E-state index contributed by atoms with van der Waals surface area (Å²) in [5, 5.41) is 8.97. The summed E-state index contributed by atoms with van der Waals surface area (Å²) in [5.41, 5.74) is 0.408. The molecule has 0 radical (unpaired) electrons. The Morgan fingerprint density at radius 2 is 1.81 bits per heavy atom. The highest BCUT2D eigenvalue weighted by molar-refractivity contribution is 5.77. The van der Waals surface area contributed by atoms with Gasteiger partial charge in [-0.1, -0.05) is 12.1 Å². The van der Waals surface area contributed by atoms with E-state index in [1.165, 1.54) is 0 Å². The maximum atomic E-state index is 12.1. The molecule has 1 aromatic carbocycles. The van der Waals surface area contributed by atoms with E-state index < -0.39 is 0 Å². The van der Waals surface area contributed by atoms with Crippen molar-refractivity contribution in [3.05, 3.63) is 29.8 Å². The zero-order valence-electron chi connectivity index (χ0n) is 12.4. The van der Waals surface area contributed by atoms with E-state index in [2.05, 4.69) is 0 Å². The molecule has 0 aliphatic carbocycles. The van der Waals surface area contributed by atoms with E-state index in [0.717, 1.165) is 0 Å². The topological polar surface area (TPSA) is 71.8 Å². The molecule has 0 aromatic heterocycles. The van der Waals surface area contributed by atoms with Gasteiger partial charge in [-0.15, -0.1) is 0 Å². The first-order chi connectivity index (χ1) is 10.2. The second kappa shape index (κ2) is 9.75. The van der Waals surface area contributed by atoms with Crippen molar-refractivity contribution in [1.82, 2.24) is 4.90 Å². The number of amides is 1. The van der Waals surface area contributed by atoms with Gasteiger partial charge in [0.05, 0.1) is 18.8 Å². The van der Waals surface area contributed by atoms with Crippen LogP contribution >= 0.6 is 0 Å². The average Bonchev–Trinajstić information content (AvgIpc) is 2.53. The molecule has 0 aliphatic heterocycles. The van der Waals surface area contributed by atoms with Gasteiger partial charge in [-0.2, -0.15) is 5.26 Å². The van der Waals surface area contributed by atoms with Gasteiger partial charge in [0.1, 0.15) is 11.8 Å². The van der Waals surface area contributed by atoms with Crippen molar-refractivity contribution >= 4 is 5.91 Å². The van der Waals surface area contributed by atoms with Gasteiger partial charge < -0.3 is 19.1 Å². The first-order valence-corrected chi connectivity index (χ1v) is 6.60. The van der Waals surface area contributed by atoms with Crippen LogP contribution in [0.3, 0.4) is 0 Å². The van der Waals surface area contributed by atoms with Gasteiger partial charge in [-0.05, 0) is 12.1 Å².